The van der Waals surface area contributed by atoms with Crippen LogP contribution in [0.15, 0.2) is 46.9 Å². The Labute approximate surface area is 181 Å². The van der Waals surface area contributed by atoms with Gasteiger partial charge in [-0.15, -0.1) is 0 Å². The normalized spacial score (nSPS) is 15.1. The lowest BCUT2D eigenvalue weighted by Crippen LogP contribution is -2.04. The van der Waals surface area contributed by atoms with E-state index in [-0.39, 0.29) is 12.2 Å². The lowest BCUT2D eigenvalue weighted by Gasteiger charge is -2.11. The van der Waals surface area contributed by atoms with Gasteiger partial charge in [0.2, 0.25) is 5.89 Å². The van der Waals surface area contributed by atoms with Crippen molar-refractivity contribution in [1.82, 2.24) is 4.98 Å². The maximum absolute atomic E-state index is 10.9. The molecule has 3 aromatic rings. The summed E-state index contributed by atoms with van der Waals surface area (Å²) in [5.74, 6) is 2.04. The Morgan fingerprint density at radius 1 is 1.23 bits per heavy atom. The second-order valence-electron chi connectivity index (χ2n) is 7.92. The fourth-order valence-electron chi connectivity index (χ4n) is 4.22. The van der Waals surface area contributed by atoms with Crippen LogP contribution in [0.5, 0.6) is 11.5 Å². The van der Waals surface area contributed by atoms with E-state index in [1.807, 2.05) is 13.0 Å². The summed E-state index contributed by atoms with van der Waals surface area (Å²) < 4.78 is 11.9. The summed E-state index contributed by atoms with van der Waals surface area (Å²) >= 11 is 0. The molecule has 0 aliphatic heterocycles. The third-order valence-electron chi connectivity index (χ3n) is 5.84. The number of ether oxygens (including phenoxy) is 1. The molecule has 2 aromatic carbocycles. The van der Waals surface area contributed by atoms with Gasteiger partial charge < -0.3 is 19.4 Å². The van der Waals surface area contributed by atoms with Crippen molar-refractivity contribution in [3.05, 3.63) is 65.0 Å². The summed E-state index contributed by atoms with van der Waals surface area (Å²) in [6.45, 7) is 2.53. The predicted molar refractivity (Wildman–Crippen MR) is 117 cm³/mol. The van der Waals surface area contributed by atoms with Gasteiger partial charge in [0.05, 0.1) is 12.3 Å². The molecule has 1 atom stereocenters. The van der Waals surface area contributed by atoms with Crippen LogP contribution in [0, 0.1) is 0 Å². The monoisotopic (exact) mass is 421 g/mol. The van der Waals surface area contributed by atoms with Gasteiger partial charge in [-0.1, -0.05) is 13.0 Å². The number of carboxylic acid groups (broad SMARTS) is 1. The number of hydrogen-bond donors (Lipinski definition) is 2. The molecule has 31 heavy (non-hydrogen) atoms. The van der Waals surface area contributed by atoms with Crippen LogP contribution in [0.2, 0.25) is 0 Å². The van der Waals surface area contributed by atoms with Crippen molar-refractivity contribution in [2.75, 3.05) is 6.61 Å². The second-order valence-corrected chi connectivity index (χ2v) is 7.92. The Balaban J connectivity index is 1.37. The summed E-state index contributed by atoms with van der Waals surface area (Å²) in [6, 6.07) is 13.0. The highest BCUT2D eigenvalue weighted by Crippen LogP contribution is 2.38. The van der Waals surface area contributed by atoms with Crippen LogP contribution in [0.3, 0.4) is 0 Å². The fourth-order valence-corrected chi connectivity index (χ4v) is 4.22. The average molecular weight is 421 g/mol. The van der Waals surface area contributed by atoms with Crippen LogP contribution in [-0.2, 0) is 24.1 Å². The SMILES string of the molecule is CCc1oc(-c2ccc(O)cc2)nc1CCOc1ccc2c(c1)CCC2CCC(=O)O. The van der Waals surface area contributed by atoms with Gasteiger partial charge >= 0.3 is 5.97 Å². The quantitative estimate of drug-likeness (QED) is 0.498. The number of aliphatic carboxylic acids is 1. The number of carboxylic acids is 1. The number of phenols is 1. The molecule has 0 saturated heterocycles. The first-order valence-corrected chi connectivity index (χ1v) is 10.8. The molecule has 0 spiro atoms. The lowest BCUT2D eigenvalue weighted by molar-refractivity contribution is -0.137. The molecule has 0 bridgehead atoms. The number of aromatic hydroxyl groups is 1. The number of rotatable bonds is 9. The molecule has 1 aliphatic rings. The standard InChI is InChI=1S/C25H27NO5/c1-2-23-22(26-25(31-23)17-5-8-19(27)9-6-17)13-14-30-20-10-11-21-16(7-12-24(28)29)3-4-18(21)15-20/h5-6,8-11,15-16,27H,2-4,7,12-14H2,1H3,(H,28,29). The second kappa shape index (κ2) is 9.25. The number of aryl methyl sites for hydroxylation is 2. The molecule has 0 amide bonds. The number of aromatic nitrogens is 1. The Morgan fingerprint density at radius 2 is 2.03 bits per heavy atom. The number of oxazole rings is 1. The minimum Gasteiger partial charge on any atom is -0.508 e. The van der Waals surface area contributed by atoms with Crippen LogP contribution < -0.4 is 4.74 Å². The molecule has 6 heteroatoms. The van der Waals surface area contributed by atoms with Crippen molar-refractivity contribution in [2.24, 2.45) is 0 Å². The van der Waals surface area contributed by atoms with E-state index in [4.69, 9.17) is 14.3 Å². The largest absolute Gasteiger partial charge is 0.508 e. The number of benzene rings is 2. The highest BCUT2D eigenvalue weighted by Gasteiger charge is 2.23. The number of nitrogens with zero attached hydrogens (tertiary/aromatic N) is 1. The molecule has 1 aliphatic carbocycles. The van der Waals surface area contributed by atoms with Gasteiger partial charge in [0, 0.05) is 24.8 Å². The summed E-state index contributed by atoms with van der Waals surface area (Å²) in [5.41, 5.74) is 4.24. The van der Waals surface area contributed by atoms with Gasteiger partial charge in [-0.25, -0.2) is 4.98 Å². The van der Waals surface area contributed by atoms with E-state index in [1.165, 1.54) is 11.1 Å². The van der Waals surface area contributed by atoms with Crippen LogP contribution in [0.1, 0.15) is 54.7 Å². The van der Waals surface area contributed by atoms with Crippen molar-refractivity contribution >= 4 is 5.97 Å². The van der Waals surface area contributed by atoms with E-state index in [2.05, 4.69) is 17.1 Å². The smallest absolute Gasteiger partial charge is 0.303 e. The molecular weight excluding hydrogens is 394 g/mol. The molecule has 1 aromatic heterocycles. The maximum atomic E-state index is 10.9. The van der Waals surface area contributed by atoms with Gasteiger partial charge in [0.15, 0.2) is 0 Å². The van der Waals surface area contributed by atoms with E-state index in [9.17, 15) is 9.90 Å². The number of carbonyl (C=O) groups is 1. The molecule has 6 nitrogen and oxygen atoms in total. The molecule has 1 heterocycles. The molecule has 0 saturated carbocycles. The lowest BCUT2D eigenvalue weighted by atomic mass is 9.96. The zero-order valence-electron chi connectivity index (χ0n) is 17.6. The average Bonchev–Trinajstić information content (AvgIpc) is 3.36. The molecule has 1 unspecified atom stereocenters. The van der Waals surface area contributed by atoms with Crippen molar-refractivity contribution in [1.29, 1.82) is 0 Å². The first-order chi connectivity index (χ1) is 15.0. The molecule has 162 valence electrons. The third-order valence-corrected chi connectivity index (χ3v) is 5.84. The summed E-state index contributed by atoms with van der Waals surface area (Å²) in [5, 5.41) is 18.4. The van der Waals surface area contributed by atoms with E-state index >= 15 is 0 Å². The Kier molecular flexibility index (Phi) is 6.26. The topological polar surface area (TPSA) is 92.8 Å². The summed E-state index contributed by atoms with van der Waals surface area (Å²) in [6.07, 6.45) is 4.27. The third kappa shape index (κ3) is 4.90. The van der Waals surface area contributed by atoms with Crippen LogP contribution in [0.25, 0.3) is 11.5 Å². The van der Waals surface area contributed by atoms with Crippen molar-refractivity contribution in [3.63, 3.8) is 0 Å². The van der Waals surface area contributed by atoms with Crippen LogP contribution >= 0.6 is 0 Å². The zero-order chi connectivity index (χ0) is 21.8. The molecule has 0 fully saturated rings. The van der Waals surface area contributed by atoms with Crippen LogP contribution in [-0.4, -0.2) is 27.8 Å². The van der Waals surface area contributed by atoms with Crippen molar-refractivity contribution < 1.29 is 24.2 Å². The zero-order valence-corrected chi connectivity index (χ0v) is 17.6. The molecule has 4 rings (SSSR count). The highest BCUT2D eigenvalue weighted by molar-refractivity contribution is 5.66. The first kappa shape index (κ1) is 21.0. The minimum absolute atomic E-state index is 0.210. The highest BCUT2D eigenvalue weighted by atomic mass is 16.5. The van der Waals surface area contributed by atoms with E-state index < -0.39 is 5.97 Å². The van der Waals surface area contributed by atoms with Gasteiger partial charge in [0.25, 0.3) is 0 Å². The number of hydrogen-bond acceptors (Lipinski definition) is 5. The van der Waals surface area contributed by atoms with Crippen molar-refractivity contribution in [2.45, 2.75) is 51.4 Å². The fraction of sp³-hybridized carbons (Fsp3) is 0.360. The van der Waals surface area contributed by atoms with Gasteiger partial charge in [-0.05, 0) is 72.7 Å². The van der Waals surface area contributed by atoms with E-state index in [0.717, 1.165) is 42.0 Å². The summed E-state index contributed by atoms with van der Waals surface area (Å²) in [7, 11) is 0. The maximum Gasteiger partial charge on any atom is 0.303 e. The first-order valence-electron chi connectivity index (χ1n) is 10.8. The predicted octanol–water partition coefficient (Wildman–Crippen LogP) is 5.13. The molecule has 0 radical (unpaired) electrons. The van der Waals surface area contributed by atoms with E-state index in [1.54, 1.807) is 24.3 Å². The Bertz CT molecular complexity index is 1050. The summed E-state index contributed by atoms with van der Waals surface area (Å²) in [4.78, 5) is 15.5. The van der Waals surface area contributed by atoms with Crippen molar-refractivity contribution in [3.8, 4) is 23.0 Å². The van der Waals surface area contributed by atoms with Gasteiger partial charge in [-0.3, -0.25) is 4.79 Å². The van der Waals surface area contributed by atoms with Crippen LogP contribution in [0.4, 0.5) is 0 Å². The van der Waals surface area contributed by atoms with Gasteiger partial charge in [-0.2, -0.15) is 0 Å². The van der Waals surface area contributed by atoms with E-state index in [0.29, 0.717) is 31.3 Å². The Hall–Kier alpha value is -3.28. The van der Waals surface area contributed by atoms with Gasteiger partial charge in [0.1, 0.15) is 17.3 Å². The number of fused-ring (bicyclic) bond motifs is 1. The Morgan fingerprint density at radius 3 is 2.77 bits per heavy atom. The number of phenolic OH excluding ortho intramolecular Hbond substituents is 1. The minimum atomic E-state index is -0.735. The molecule has 2 N–H and O–H groups in total. The molecular formula is C25H27NO5.